The zero-order valence-electron chi connectivity index (χ0n) is 11.2. The van der Waals surface area contributed by atoms with Crippen LogP contribution >= 0.6 is 0 Å². The average molecular weight is 303 g/mol. The van der Waals surface area contributed by atoms with E-state index < -0.39 is 12.8 Å². The Morgan fingerprint density at radius 3 is 3.00 bits per heavy atom. The number of nitrogens with zero attached hydrogens (tertiary/aromatic N) is 1. The topological polar surface area (TPSA) is 63.2 Å². The third-order valence-electron chi connectivity index (χ3n) is 3.08. The first-order valence-electron chi connectivity index (χ1n) is 6.57. The third-order valence-corrected chi connectivity index (χ3v) is 3.08. The number of aromatic nitrogens is 1. The molecule has 0 radical (unpaired) electrons. The van der Waals surface area contributed by atoms with Gasteiger partial charge in [0.1, 0.15) is 0 Å². The lowest BCUT2D eigenvalue weighted by Crippen LogP contribution is -2.31. The molecule has 0 saturated carbocycles. The fourth-order valence-corrected chi connectivity index (χ4v) is 2.01. The van der Waals surface area contributed by atoms with E-state index >= 15 is 0 Å². The second-order valence-electron chi connectivity index (χ2n) is 4.81. The number of alkyl halides is 3. The Balaban J connectivity index is 1.84. The maximum atomic E-state index is 12.1. The van der Waals surface area contributed by atoms with Gasteiger partial charge in [-0.25, -0.2) is 4.98 Å². The van der Waals surface area contributed by atoms with Crippen molar-refractivity contribution in [3.63, 3.8) is 0 Å². The minimum atomic E-state index is -4.40. The molecule has 1 aromatic rings. The first-order chi connectivity index (χ1) is 9.94. The summed E-state index contributed by atoms with van der Waals surface area (Å²) in [7, 11) is 0. The van der Waals surface area contributed by atoms with Crippen LogP contribution in [0.2, 0.25) is 0 Å². The fourth-order valence-electron chi connectivity index (χ4n) is 2.01. The van der Waals surface area contributed by atoms with Gasteiger partial charge in [-0.05, 0) is 24.6 Å². The van der Waals surface area contributed by atoms with Gasteiger partial charge >= 0.3 is 6.18 Å². The molecule has 5 nitrogen and oxygen atoms in total. The molecule has 8 heteroatoms. The van der Waals surface area contributed by atoms with Crippen LogP contribution in [0, 0.1) is 5.92 Å². The van der Waals surface area contributed by atoms with Gasteiger partial charge in [0.15, 0.2) is 6.61 Å². The zero-order valence-corrected chi connectivity index (χ0v) is 11.2. The van der Waals surface area contributed by atoms with Crippen LogP contribution in [-0.2, 0) is 11.3 Å². The highest BCUT2D eigenvalue weighted by Gasteiger charge is 2.28. The van der Waals surface area contributed by atoms with Crippen LogP contribution in [0.4, 0.5) is 13.2 Å². The van der Waals surface area contributed by atoms with Crippen LogP contribution in [0.15, 0.2) is 18.3 Å². The minimum absolute atomic E-state index is 0.0483. The minimum Gasteiger partial charge on any atom is -0.468 e. The molecule has 1 amide bonds. The van der Waals surface area contributed by atoms with Crippen LogP contribution in [0.25, 0.3) is 0 Å². The Morgan fingerprint density at radius 1 is 1.52 bits per heavy atom. The van der Waals surface area contributed by atoms with Gasteiger partial charge in [0.05, 0.1) is 5.92 Å². The summed E-state index contributed by atoms with van der Waals surface area (Å²) in [5.41, 5.74) is 0.640. The van der Waals surface area contributed by atoms with Crippen molar-refractivity contribution in [2.45, 2.75) is 19.1 Å². The van der Waals surface area contributed by atoms with E-state index in [1.807, 2.05) is 0 Å². The smallest absolute Gasteiger partial charge is 0.422 e. The average Bonchev–Trinajstić information content (AvgIpc) is 2.96. The molecule has 1 unspecified atom stereocenters. The van der Waals surface area contributed by atoms with Crippen molar-refractivity contribution < 1.29 is 22.7 Å². The predicted molar refractivity (Wildman–Crippen MR) is 68.6 cm³/mol. The van der Waals surface area contributed by atoms with Crippen molar-refractivity contribution in [1.29, 1.82) is 0 Å². The lowest BCUT2D eigenvalue weighted by Gasteiger charge is -2.11. The normalized spacial score (nSPS) is 18.5. The van der Waals surface area contributed by atoms with Gasteiger partial charge in [0.2, 0.25) is 11.8 Å². The summed E-state index contributed by atoms with van der Waals surface area (Å²) < 4.78 is 40.7. The summed E-state index contributed by atoms with van der Waals surface area (Å²) in [5.74, 6) is -0.219. The highest BCUT2D eigenvalue weighted by molar-refractivity contribution is 5.79. The maximum Gasteiger partial charge on any atom is 0.422 e. The number of amides is 1. The van der Waals surface area contributed by atoms with E-state index in [1.54, 1.807) is 6.07 Å². The molecule has 0 aromatic carbocycles. The first-order valence-corrected chi connectivity index (χ1v) is 6.57. The Morgan fingerprint density at radius 2 is 2.33 bits per heavy atom. The van der Waals surface area contributed by atoms with Crippen LogP contribution < -0.4 is 15.4 Å². The van der Waals surface area contributed by atoms with Crippen molar-refractivity contribution in [2.75, 3.05) is 19.7 Å². The Labute approximate surface area is 119 Å². The lowest BCUT2D eigenvalue weighted by atomic mass is 10.1. The number of hydrogen-bond donors (Lipinski definition) is 2. The summed E-state index contributed by atoms with van der Waals surface area (Å²) in [6.45, 7) is 0.328. The summed E-state index contributed by atoms with van der Waals surface area (Å²) in [6.07, 6.45) is -2.26. The lowest BCUT2D eigenvalue weighted by molar-refractivity contribution is -0.154. The molecule has 1 aromatic heterocycles. The molecule has 0 aliphatic carbocycles. The van der Waals surface area contributed by atoms with Crippen molar-refractivity contribution >= 4 is 5.91 Å². The number of halogens is 3. The molecule has 1 fully saturated rings. The van der Waals surface area contributed by atoms with E-state index in [0.29, 0.717) is 12.1 Å². The molecule has 1 aliphatic rings. The van der Waals surface area contributed by atoms with Crippen LogP contribution in [-0.4, -0.2) is 36.8 Å². The molecule has 21 heavy (non-hydrogen) atoms. The van der Waals surface area contributed by atoms with Crippen molar-refractivity contribution in [1.82, 2.24) is 15.6 Å². The Hall–Kier alpha value is -1.83. The van der Waals surface area contributed by atoms with Crippen LogP contribution in [0.5, 0.6) is 5.88 Å². The predicted octanol–water partition coefficient (Wildman–Crippen LogP) is 1.25. The molecule has 1 aliphatic heterocycles. The third kappa shape index (κ3) is 5.22. The molecular formula is C13H16F3N3O2. The molecule has 1 saturated heterocycles. The molecule has 0 bridgehead atoms. The number of pyridine rings is 1. The molecule has 2 rings (SSSR count). The van der Waals surface area contributed by atoms with Gasteiger partial charge in [-0.15, -0.1) is 0 Å². The van der Waals surface area contributed by atoms with Gasteiger partial charge in [-0.3, -0.25) is 4.79 Å². The van der Waals surface area contributed by atoms with Gasteiger partial charge in [-0.1, -0.05) is 0 Å². The SMILES string of the molecule is O=C(NCc1ccnc(OCC(F)(F)F)c1)C1CCNC1. The van der Waals surface area contributed by atoms with Crippen LogP contribution in [0.1, 0.15) is 12.0 Å². The molecule has 2 heterocycles. The van der Waals surface area contributed by atoms with Crippen molar-refractivity contribution in [3.8, 4) is 5.88 Å². The standard InChI is InChI=1S/C13H16F3N3O2/c14-13(15,16)8-21-11-5-9(1-4-18-11)6-19-12(20)10-2-3-17-7-10/h1,4-5,10,17H,2-3,6-8H2,(H,19,20). The van der Waals surface area contributed by atoms with Gasteiger partial charge in [0, 0.05) is 25.4 Å². The molecule has 0 spiro atoms. The first kappa shape index (κ1) is 15.6. The van der Waals surface area contributed by atoms with Crippen molar-refractivity contribution in [3.05, 3.63) is 23.9 Å². The molecule has 2 N–H and O–H groups in total. The quantitative estimate of drug-likeness (QED) is 0.859. The summed E-state index contributed by atoms with van der Waals surface area (Å²) >= 11 is 0. The number of nitrogens with one attached hydrogen (secondary N) is 2. The second-order valence-corrected chi connectivity index (χ2v) is 4.81. The highest BCUT2D eigenvalue weighted by atomic mass is 19.4. The summed E-state index contributed by atoms with van der Waals surface area (Å²) in [4.78, 5) is 15.5. The van der Waals surface area contributed by atoms with E-state index in [0.717, 1.165) is 13.0 Å². The number of carbonyl (C=O) groups is 1. The monoisotopic (exact) mass is 303 g/mol. The van der Waals surface area contributed by atoms with E-state index in [1.165, 1.54) is 12.3 Å². The number of ether oxygens (including phenoxy) is 1. The van der Waals surface area contributed by atoms with Gasteiger partial charge in [-0.2, -0.15) is 13.2 Å². The van der Waals surface area contributed by atoms with E-state index in [4.69, 9.17) is 0 Å². The van der Waals surface area contributed by atoms with Gasteiger partial charge < -0.3 is 15.4 Å². The Bertz CT molecular complexity index is 488. The highest BCUT2D eigenvalue weighted by Crippen LogP contribution is 2.17. The second kappa shape index (κ2) is 6.75. The number of carbonyl (C=O) groups excluding carboxylic acids is 1. The molecule has 1 atom stereocenters. The summed E-state index contributed by atoms with van der Waals surface area (Å²) in [5, 5.41) is 5.85. The van der Waals surface area contributed by atoms with Gasteiger partial charge in [0.25, 0.3) is 0 Å². The van der Waals surface area contributed by atoms with E-state index in [2.05, 4.69) is 20.4 Å². The largest absolute Gasteiger partial charge is 0.468 e. The van der Waals surface area contributed by atoms with Crippen LogP contribution in [0.3, 0.4) is 0 Å². The molecular weight excluding hydrogens is 287 g/mol. The zero-order chi connectivity index (χ0) is 15.3. The molecule has 116 valence electrons. The Kier molecular flexibility index (Phi) is 5.00. The number of rotatable bonds is 5. The van der Waals surface area contributed by atoms with Crippen molar-refractivity contribution in [2.24, 2.45) is 5.92 Å². The fraction of sp³-hybridized carbons (Fsp3) is 0.538. The number of hydrogen-bond acceptors (Lipinski definition) is 4. The van der Waals surface area contributed by atoms with E-state index in [-0.39, 0.29) is 24.2 Å². The maximum absolute atomic E-state index is 12.1. The van der Waals surface area contributed by atoms with E-state index in [9.17, 15) is 18.0 Å². The summed E-state index contributed by atoms with van der Waals surface area (Å²) in [6, 6.07) is 3.01.